The molecule has 0 radical (unpaired) electrons. The Morgan fingerprint density at radius 1 is 1.00 bits per heavy atom. The first-order valence-electron chi connectivity index (χ1n) is 9.30. The summed E-state index contributed by atoms with van der Waals surface area (Å²) in [5.74, 6) is -1.17. The molecule has 2 aromatic rings. The first-order chi connectivity index (χ1) is 14.7. The van der Waals surface area contributed by atoms with Crippen LogP contribution in [0.15, 0.2) is 47.4 Å². The minimum absolute atomic E-state index is 0.111. The fourth-order valence-corrected chi connectivity index (χ4v) is 3.92. The van der Waals surface area contributed by atoms with E-state index in [4.69, 9.17) is 0 Å². The molecule has 2 amide bonds. The highest BCUT2D eigenvalue weighted by atomic mass is 32.2. The Morgan fingerprint density at radius 2 is 1.59 bits per heavy atom. The Hall–Kier alpha value is -3.12. The molecule has 2 rings (SSSR count). The highest BCUT2D eigenvalue weighted by molar-refractivity contribution is 7.89. The normalized spacial score (nSPS) is 12.7. The lowest BCUT2D eigenvalue weighted by Gasteiger charge is -2.21. The minimum Gasteiger partial charge on any atom is -0.376 e. The van der Waals surface area contributed by atoms with Crippen molar-refractivity contribution < 1.29 is 31.2 Å². The zero-order valence-corrected chi connectivity index (χ0v) is 18.6. The van der Waals surface area contributed by atoms with E-state index in [1.165, 1.54) is 49.1 Å². The molecule has 2 aromatic carbocycles. The summed E-state index contributed by atoms with van der Waals surface area (Å²) in [4.78, 5) is 25.0. The summed E-state index contributed by atoms with van der Waals surface area (Å²) in [5, 5.41) is 4.85. The lowest BCUT2D eigenvalue weighted by atomic mass is 10.1. The molecule has 0 spiro atoms. The molecule has 0 aromatic heterocycles. The van der Waals surface area contributed by atoms with Crippen molar-refractivity contribution in [1.29, 1.82) is 0 Å². The van der Waals surface area contributed by atoms with E-state index >= 15 is 0 Å². The molecule has 8 nitrogen and oxygen atoms in total. The van der Waals surface area contributed by atoms with Crippen LogP contribution < -0.4 is 20.3 Å². The summed E-state index contributed by atoms with van der Waals surface area (Å²) < 4.78 is 66.5. The van der Waals surface area contributed by atoms with Crippen LogP contribution >= 0.6 is 0 Å². The molecule has 0 saturated heterocycles. The van der Waals surface area contributed by atoms with E-state index in [0.29, 0.717) is 11.4 Å². The van der Waals surface area contributed by atoms with Gasteiger partial charge in [0.1, 0.15) is 0 Å². The SMILES string of the molecule is CC(=O)Nc1ccc(S(=O)(=O)N[C@@H](C)C(=O)Nc2cc(C(F)(F)F)ccc2N(C)C)cc1. The van der Waals surface area contributed by atoms with E-state index in [-0.39, 0.29) is 16.5 Å². The van der Waals surface area contributed by atoms with Gasteiger partial charge in [-0.1, -0.05) is 0 Å². The number of hydrogen-bond acceptors (Lipinski definition) is 5. The highest BCUT2D eigenvalue weighted by Gasteiger charge is 2.32. The van der Waals surface area contributed by atoms with Gasteiger partial charge in [0.2, 0.25) is 21.8 Å². The Morgan fingerprint density at radius 3 is 2.09 bits per heavy atom. The molecule has 0 aliphatic heterocycles. The second kappa shape index (κ2) is 9.57. The van der Waals surface area contributed by atoms with E-state index in [1.54, 1.807) is 14.1 Å². The fourth-order valence-electron chi connectivity index (χ4n) is 2.72. The predicted molar refractivity (Wildman–Crippen MR) is 115 cm³/mol. The summed E-state index contributed by atoms with van der Waals surface area (Å²) in [7, 11) is -0.929. The number of sulfonamides is 1. The maximum atomic E-state index is 13.1. The van der Waals surface area contributed by atoms with Gasteiger partial charge in [0, 0.05) is 26.7 Å². The van der Waals surface area contributed by atoms with Crippen LogP contribution in [0.5, 0.6) is 0 Å². The number of anilines is 3. The number of amides is 2. The van der Waals surface area contributed by atoms with Crippen molar-refractivity contribution in [3.63, 3.8) is 0 Å². The van der Waals surface area contributed by atoms with Crippen LogP contribution in [0.25, 0.3) is 0 Å². The maximum absolute atomic E-state index is 13.1. The van der Waals surface area contributed by atoms with Crippen molar-refractivity contribution in [1.82, 2.24) is 4.72 Å². The van der Waals surface area contributed by atoms with Gasteiger partial charge >= 0.3 is 6.18 Å². The van der Waals surface area contributed by atoms with Crippen LogP contribution in [-0.2, 0) is 25.8 Å². The molecule has 1 atom stereocenters. The predicted octanol–water partition coefficient (Wildman–Crippen LogP) is 3.04. The molecule has 174 valence electrons. The highest BCUT2D eigenvalue weighted by Crippen LogP contribution is 2.35. The average Bonchev–Trinajstić information content (AvgIpc) is 2.66. The van der Waals surface area contributed by atoms with Crippen LogP contribution in [0.3, 0.4) is 0 Å². The van der Waals surface area contributed by atoms with Crippen LogP contribution in [-0.4, -0.2) is 40.4 Å². The number of halogens is 3. The van der Waals surface area contributed by atoms with E-state index < -0.39 is 33.7 Å². The molecular formula is C20H23F3N4O4S. The fraction of sp³-hybridized carbons (Fsp3) is 0.300. The van der Waals surface area contributed by atoms with Crippen LogP contribution in [0.1, 0.15) is 19.4 Å². The quantitative estimate of drug-likeness (QED) is 0.574. The molecule has 32 heavy (non-hydrogen) atoms. The third-order valence-electron chi connectivity index (χ3n) is 4.27. The summed E-state index contributed by atoms with van der Waals surface area (Å²) in [5.41, 5.74) is -0.357. The van der Waals surface area contributed by atoms with Crippen molar-refractivity contribution in [3.05, 3.63) is 48.0 Å². The number of nitrogens with zero attached hydrogens (tertiary/aromatic N) is 1. The van der Waals surface area contributed by atoms with Gasteiger partial charge in [0.15, 0.2) is 0 Å². The van der Waals surface area contributed by atoms with E-state index in [1.807, 2.05) is 0 Å². The van der Waals surface area contributed by atoms with E-state index in [9.17, 15) is 31.2 Å². The van der Waals surface area contributed by atoms with Gasteiger partial charge in [-0.2, -0.15) is 17.9 Å². The first kappa shape index (κ1) is 25.1. The van der Waals surface area contributed by atoms with Crippen molar-refractivity contribution in [2.45, 2.75) is 31.0 Å². The summed E-state index contributed by atoms with van der Waals surface area (Å²) in [6.45, 7) is 2.57. The molecule has 0 aliphatic rings. The van der Waals surface area contributed by atoms with Gasteiger partial charge in [0.25, 0.3) is 0 Å². The monoisotopic (exact) mass is 472 g/mol. The molecule has 0 unspecified atom stereocenters. The van der Waals surface area contributed by atoms with Crippen molar-refractivity contribution >= 4 is 38.9 Å². The zero-order valence-electron chi connectivity index (χ0n) is 17.7. The van der Waals surface area contributed by atoms with Crippen molar-refractivity contribution in [3.8, 4) is 0 Å². The minimum atomic E-state index is -4.61. The van der Waals surface area contributed by atoms with Gasteiger partial charge in [0.05, 0.1) is 27.9 Å². The average molecular weight is 472 g/mol. The molecule has 0 fully saturated rings. The van der Waals surface area contributed by atoms with Crippen molar-refractivity contribution in [2.24, 2.45) is 0 Å². The number of carbonyl (C=O) groups excluding carboxylic acids is 2. The molecule has 0 heterocycles. The van der Waals surface area contributed by atoms with Crippen LogP contribution in [0.2, 0.25) is 0 Å². The van der Waals surface area contributed by atoms with Crippen molar-refractivity contribution in [2.75, 3.05) is 29.6 Å². The maximum Gasteiger partial charge on any atom is 0.416 e. The summed E-state index contributed by atoms with van der Waals surface area (Å²) in [6.07, 6.45) is -4.61. The Bertz CT molecular complexity index is 1100. The van der Waals surface area contributed by atoms with Gasteiger partial charge < -0.3 is 15.5 Å². The molecule has 12 heteroatoms. The Labute approximate surface area is 183 Å². The lowest BCUT2D eigenvalue weighted by molar-refractivity contribution is -0.137. The molecular weight excluding hydrogens is 449 g/mol. The lowest BCUT2D eigenvalue weighted by Crippen LogP contribution is -2.41. The second-order valence-electron chi connectivity index (χ2n) is 7.16. The Balaban J connectivity index is 2.19. The molecule has 0 bridgehead atoms. The number of hydrogen-bond donors (Lipinski definition) is 3. The smallest absolute Gasteiger partial charge is 0.376 e. The van der Waals surface area contributed by atoms with Gasteiger partial charge in [-0.25, -0.2) is 8.42 Å². The van der Waals surface area contributed by atoms with E-state index in [0.717, 1.165) is 12.1 Å². The molecule has 0 aliphatic carbocycles. The zero-order chi connectivity index (χ0) is 24.3. The summed E-state index contributed by atoms with van der Waals surface area (Å²) >= 11 is 0. The van der Waals surface area contributed by atoms with Gasteiger partial charge in [-0.15, -0.1) is 0 Å². The first-order valence-corrected chi connectivity index (χ1v) is 10.8. The van der Waals surface area contributed by atoms with Crippen LogP contribution in [0.4, 0.5) is 30.2 Å². The summed E-state index contributed by atoms with van der Waals surface area (Å²) in [6, 6.07) is 6.85. The topological polar surface area (TPSA) is 108 Å². The molecule has 3 N–H and O–H groups in total. The third kappa shape index (κ3) is 6.44. The number of nitrogens with one attached hydrogen (secondary N) is 3. The number of carbonyl (C=O) groups is 2. The molecule has 0 saturated carbocycles. The Kier molecular flexibility index (Phi) is 7.52. The number of alkyl halides is 3. The standard InChI is InChI=1S/C20H23F3N4O4S/c1-12(26-32(30,31)16-8-6-15(7-9-16)24-13(2)28)19(29)25-17-11-14(20(21,22)23)5-10-18(17)27(3)4/h5-12,26H,1-4H3,(H,24,28)(H,25,29)/t12-/m0/s1. The third-order valence-corrected chi connectivity index (χ3v) is 5.83. The van der Waals surface area contributed by atoms with E-state index in [2.05, 4.69) is 15.4 Å². The number of rotatable bonds is 7. The van der Waals surface area contributed by atoms with Gasteiger partial charge in [-0.3, -0.25) is 9.59 Å². The number of benzene rings is 2. The van der Waals surface area contributed by atoms with Crippen LogP contribution in [0, 0.1) is 0 Å². The van der Waals surface area contributed by atoms with Gasteiger partial charge in [-0.05, 0) is 49.4 Å². The largest absolute Gasteiger partial charge is 0.416 e. The second-order valence-corrected chi connectivity index (χ2v) is 8.88.